The third-order valence-electron chi connectivity index (χ3n) is 5.86. The molecule has 0 unspecified atom stereocenters. The van der Waals surface area contributed by atoms with Gasteiger partial charge in [-0.05, 0) is 43.2 Å². The zero-order valence-electron chi connectivity index (χ0n) is 21.2. The van der Waals surface area contributed by atoms with Crippen molar-refractivity contribution in [1.82, 2.24) is 4.57 Å². The minimum atomic E-state index is -1.09. The van der Waals surface area contributed by atoms with Crippen molar-refractivity contribution in [1.29, 1.82) is 0 Å². The highest BCUT2D eigenvalue weighted by atomic mass is 32.1. The Morgan fingerprint density at radius 2 is 1.82 bits per heavy atom. The summed E-state index contributed by atoms with van der Waals surface area (Å²) in [6.07, 6.45) is 2.82. The van der Waals surface area contributed by atoms with Crippen molar-refractivity contribution in [2.45, 2.75) is 19.9 Å². The summed E-state index contributed by atoms with van der Waals surface area (Å²) in [5.41, 5.74) is -1.37. The molecule has 1 N–H and O–H groups in total. The molecule has 14 heteroatoms. The molecule has 0 radical (unpaired) electrons. The normalized spacial score (nSPS) is 14.8. The van der Waals surface area contributed by atoms with E-state index in [1.165, 1.54) is 10.6 Å². The average molecular weight is 567 g/mol. The summed E-state index contributed by atoms with van der Waals surface area (Å²) in [6, 6.07) is 7.69. The summed E-state index contributed by atoms with van der Waals surface area (Å²) >= 11 is 0.937. The molecular weight excluding hydrogens is 544 g/mol. The molecule has 1 aliphatic rings. The Morgan fingerprint density at radius 3 is 2.38 bits per heavy atom. The first-order valence-corrected chi connectivity index (χ1v) is 12.6. The van der Waals surface area contributed by atoms with E-state index in [4.69, 9.17) is 9.47 Å². The Hall–Kier alpha value is -5.11. The van der Waals surface area contributed by atoms with Crippen LogP contribution >= 0.6 is 11.3 Å². The zero-order valence-corrected chi connectivity index (χ0v) is 22.0. The van der Waals surface area contributed by atoms with E-state index in [2.05, 4.69) is 11.6 Å². The molecule has 0 saturated heterocycles. The van der Waals surface area contributed by atoms with E-state index in [1.807, 2.05) is 0 Å². The molecule has 0 saturated carbocycles. The fourth-order valence-electron chi connectivity index (χ4n) is 4.15. The van der Waals surface area contributed by atoms with Gasteiger partial charge in [-0.1, -0.05) is 36.1 Å². The second kappa shape index (κ2) is 11.3. The van der Waals surface area contributed by atoms with E-state index >= 15 is 0 Å². The Bertz CT molecular complexity index is 1720. The lowest BCUT2D eigenvalue weighted by atomic mass is 9.96. The molecule has 1 atom stereocenters. The molecule has 206 valence electrons. The molecule has 3 aromatic rings. The van der Waals surface area contributed by atoms with Gasteiger partial charge in [-0.2, -0.15) is 0 Å². The zero-order chi connectivity index (χ0) is 29.1. The molecule has 0 bridgehead atoms. The number of carbonyl (C=O) groups is 1. The van der Waals surface area contributed by atoms with E-state index in [0.717, 1.165) is 23.5 Å². The number of benzene rings is 2. The minimum absolute atomic E-state index is 0.0434. The summed E-state index contributed by atoms with van der Waals surface area (Å²) in [5, 5.41) is 32.7. The van der Waals surface area contributed by atoms with Gasteiger partial charge in [0.1, 0.15) is 12.4 Å². The third-order valence-corrected chi connectivity index (χ3v) is 6.85. The van der Waals surface area contributed by atoms with Gasteiger partial charge in [-0.25, -0.2) is 9.79 Å². The van der Waals surface area contributed by atoms with E-state index in [0.29, 0.717) is 17.0 Å². The third kappa shape index (κ3) is 5.24. The van der Waals surface area contributed by atoms with Gasteiger partial charge in [0.2, 0.25) is 0 Å². The molecular formula is C26H22N4O9S. The van der Waals surface area contributed by atoms with Crippen LogP contribution in [0.15, 0.2) is 70.1 Å². The maximum absolute atomic E-state index is 13.7. The van der Waals surface area contributed by atoms with Crippen LogP contribution in [-0.4, -0.2) is 38.7 Å². The molecule has 40 heavy (non-hydrogen) atoms. The highest BCUT2D eigenvalue weighted by molar-refractivity contribution is 7.07. The van der Waals surface area contributed by atoms with Crippen LogP contribution in [0.3, 0.4) is 0 Å². The van der Waals surface area contributed by atoms with E-state index in [9.17, 15) is 34.9 Å². The lowest BCUT2D eigenvalue weighted by molar-refractivity contribution is -0.396. The van der Waals surface area contributed by atoms with Crippen molar-refractivity contribution in [3.05, 3.63) is 111 Å². The minimum Gasteiger partial charge on any atom is -0.497 e. The number of phenols is 1. The number of nitrogens with zero attached hydrogens (tertiary/aromatic N) is 4. The molecule has 13 nitrogen and oxygen atoms in total. The van der Waals surface area contributed by atoms with Crippen LogP contribution in [0.4, 0.5) is 11.4 Å². The molecule has 0 fully saturated rings. The summed E-state index contributed by atoms with van der Waals surface area (Å²) in [5.74, 6) is -1.20. The standard InChI is InChI=1S/C26H22N4O9S/c1-4-10-39-17-8-6-16(7-9-17)22-21(25(33)38-5-2)14(3)27-26-28(22)24(32)20(40-26)13-15-11-18(29(34)35)23(31)19(12-15)30(36)37/h4,6-9,11-13,22,31H,1,5,10H2,2-3H3/b20-13-/t22-/m1/s1. The van der Waals surface area contributed by atoms with Crippen molar-refractivity contribution in [2.24, 2.45) is 4.99 Å². The molecule has 2 aromatic carbocycles. The maximum Gasteiger partial charge on any atom is 0.338 e. The fourth-order valence-corrected chi connectivity index (χ4v) is 5.19. The predicted octanol–water partition coefficient (Wildman–Crippen LogP) is 2.89. The predicted molar refractivity (Wildman–Crippen MR) is 144 cm³/mol. The van der Waals surface area contributed by atoms with Gasteiger partial charge in [-0.15, -0.1) is 0 Å². The van der Waals surface area contributed by atoms with E-state index < -0.39 is 44.5 Å². The first-order chi connectivity index (χ1) is 19.1. The SMILES string of the molecule is C=CCOc1ccc([C@@H]2C(C(=O)OCC)=C(C)N=c3s/c(=C\c4cc([N+](=O)[O-])c(O)c([N+](=O)[O-])c4)c(=O)n32)cc1. The van der Waals surface area contributed by atoms with Gasteiger partial charge in [0.15, 0.2) is 4.80 Å². The van der Waals surface area contributed by atoms with Crippen LogP contribution in [0.1, 0.15) is 31.0 Å². The van der Waals surface area contributed by atoms with Gasteiger partial charge in [-0.3, -0.25) is 29.6 Å². The van der Waals surface area contributed by atoms with E-state index in [-0.39, 0.29) is 33.7 Å². The first kappa shape index (κ1) is 27.9. The number of aromatic nitrogens is 1. The number of hydrogen-bond donors (Lipinski definition) is 1. The highest BCUT2D eigenvalue weighted by Gasteiger charge is 2.33. The molecule has 2 heterocycles. The summed E-state index contributed by atoms with van der Waals surface area (Å²) in [7, 11) is 0. The number of thiazole rings is 1. The number of fused-ring (bicyclic) bond motifs is 1. The van der Waals surface area contributed by atoms with Crippen LogP contribution in [-0.2, 0) is 9.53 Å². The van der Waals surface area contributed by atoms with Crippen LogP contribution in [0.25, 0.3) is 6.08 Å². The van der Waals surface area contributed by atoms with Crippen LogP contribution in [0.2, 0.25) is 0 Å². The number of rotatable bonds is 9. The second-order valence-corrected chi connectivity index (χ2v) is 9.40. The molecule has 0 aliphatic carbocycles. The van der Waals surface area contributed by atoms with Crippen molar-refractivity contribution < 1.29 is 29.2 Å². The van der Waals surface area contributed by atoms with Gasteiger partial charge in [0.05, 0.1) is 38.3 Å². The first-order valence-electron chi connectivity index (χ1n) is 11.8. The Labute approximate surface area is 229 Å². The average Bonchev–Trinajstić information content (AvgIpc) is 3.21. The largest absolute Gasteiger partial charge is 0.497 e. The van der Waals surface area contributed by atoms with Crippen LogP contribution < -0.4 is 19.6 Å². The van der Waals surface area contributed by atoms with Gasteiger partial charge < -0.3 is 14.6 Å². The molecule has 4 rings (SSSR count). The summed E-state index contributed by atoms with van der Waals surface area (Å²) in [6.45, 7) is 7.26. The highest BCUT2D eigenvalue weighted by Crippen LogP contribution is 2.37. The lowest BCUT2D eigenvalue weighted by Gasteiger charge is -2.24. The Balaban J connectivity index is 1.93. The monoisotopic (exact) mass is 566 g/mol. The topological polar surface area (TPSA) is 176 Å². The van der Waals surface area contributed by atoms with E-state index in [1.54, 1.807) is 44.2 Å². The smallest absolute Gasteiger partial charge is 0.338 e. The summed E-state index contributed by atoms with van der Waals surface area (Å²) < 4.78 is 12.1. The molecule has 0 amide bonds. The Kier molecular flexibility index (Phi) is 7.90. The number of aromatic hydroxyl groups is 1. The number of phenolic OH excluding ortho intramolecular Hbond substituents is 1. The van der Waals surface area contributed by atoms with Gasteiger partial charge in [0, 0.05) is 12.1 Å². The van der Waals surface area contributed by atoms with Gasteiger partial charge >= 0.3 is 17.3 Å². The fraction of sp³-hybridized carbons (Fsp3) is 0.192. The second-order valence-electron chi connectivity index (χ2n) is 8.39. The van der Waals surface area contributed by atoms with Crippen LogP contribution in [0.5, 0.6) is 11.5 Å². The van der Waals surface area contributed by atoms with Crippen molar-refractivity contribution in [3.8, 4) is 11.5 Å². The number of nitro benzene ring substituents is 2. The molecule has 0 spiro atoms. The lowest BCUT2D eigenvalue weighted by Crippen LogP contribution is -2.39. The number of allylic oxidation sites excluding steroid dienone is 1. The number of nitro groups is 2. The number of ether oxygens (including phenoxy) is 2. The number of carbonyl (C=O) groups excluding carboxylic acids is 1. The number of esters is 1. The molecule has 1 aromatic heterocycles. The van der Waals surface area contributed by atoms with Crippen molar-refractivity contribution in [2.75, 3.05) is 13.2 Å². The quantitative estimate of drug-likeness (QED) is 0.177. The van der Waals surface area contributed by atoms with Crippen LogP contribution in [0, 0.1) is 20.2 Å². The number of hydrogen-bond acceptors (Lipinski definition) is 11. The van der Waals surface area contributed by atoms with Gasteiger partial charge in [0.25, 0.3) is 11.3 Å². The summed E-state index contributed by atoms with van der Waals surface area (Å²) in [4.78, 5) is 52.2. The van der Waals surface area contributed by atoms with Crippen molar-refractivity contribution >= 4 is 34.8 Å². The molecule has 1 aliphatic heterocycles. The Morgan fingerprint density at radius 1 is 1.20 bits per heavy atom. The van der Waals surface area contributed by atoms with Crippen molar-refractivity contribution in [3.63, 3.8) is 0 Å². The maximum atomic E-state index is 13.7.